The molecule has 0 saturated carbocycles. The molecule has 5 heteroatoms. The first kappa shape index (κ1) is 17.0. The van der Waals surface area contributed by atoms with E-state index in [2.05, 4.69) is 0 Å². The van der Waals surface area contributed by atoms with Gasteiger partial charge < -0.3 is 19.8 Å². The standard InChI is InChI=1S/C22H19NO4/c24-20-12-16-10-11-23(14-17(16)13-21(20)25)22(26)15-6-8-19(9-7-15)27-18-4-2-1-3-5-18/h1-9,12-13,24-25H,10-11,14H2. The van der Waals surface area contributed by atoms with Crippen LogP contribution in [0.3, 0.4) is 0 Å². The first-order valence-electron chi connectivity index (χ1n) is 8.76. The van der Waals surface area contributed by atoms with Crippen LogP contribution in [0, 0.1) is 0 Å². The number of benzene rings is 3. The van der Waals surface area contributed by atoms with Crippen molar-refractivity contribution in [2.24, 2.45) is 0 Å². The Labute approximate surface area is 157 Å². The molecule has 5 nitrogen and oxygen atoms in total. The largest absolute Gasteiger partial charge is 0.504 e. The number of phenols is 2. The van der Waals surface area contributed by atoms with Crippen molar-refractivity contribution in [3.8, 4) is 23.0 Å². The Balaban J connectivity index is 1.47. The van der Waals surface area contributed by atoms with Crippen LogP contribution in [0.25, 0.3) is 0 Å². The Kier molecular flexibility index (Phi) is 4.42. The highest BCUT2D eigenvalue weighted by atomic mass is 16.5. The van der Waals surface area contributed by atoms with Crippen molar-refractivity contribution in [3.05, 3.63) is 83.4 Å². The zero-order valence-electron chi connectivity index (χ0n) is 14.6. The van der Waals surface area contributed by atoms with Gasteiger partial charge >= 0.3 is 0 Å². The van der Waals surface area contributed by atoms with Crippen molar-refractivity contribution in [3.63, 3.8) is 0 Å². The van der Waals surface area contributed by atoms with Crippen molar-refractivity contribution in [1.82, 2.24) is 4.90 Å². The number of hydrogen-bond acceptors (Lipinski definition) is 4. The molecule has 1 aliphatic heterocycles. The molecule has 0 aliphatic carbocycles. The number of nitrogens with zero attached hydrogens (tertiary/aromatic N) is 1. The lowest BCUT2D eigenvalue weighted by atomic mass is 9.98. The van der Waals surface area contributed by atoms with Crippen molar-refractivity contribution < 1.29 is 19.7 Å². The van der Waals surface area contributed by atoms with Crippen LogP contribution in [0.1, 0.15) is 21.5 Å². The smallest absolute Gasteiger partial charge is 0.254 e. The number of hydrogen-bond donors (Lipinski definition) is 2. The number of fused-ring (bicyclic) bond motifs is 1. The van der Waals surface area contributed by atoms with E-state index in [0.717, 1.165) is 16.9 Å². The Morgan fingerprint density at radius 3 is 2.19 bits per heavy atom. The van der Waals surface area contributed by atoms with Crippen LogP contribution in [0.4, 0.5) is 0 Å². The molecule has 1 heterocycles. The van der Waals surface area contributed by atoms with E-state index in [9.17, 15) is 15.0 Å². The predicted octanol–water partition coefficient (Wildman–Crippen LogP) is 4.09. The molecule has 27 heavy (non-hydrogen) atoms. The van der Waals surface area contributed by atoms with E-state index in [1.165, 1.54) is 6.07 Å². The Bertz CT molecular complexity index is 968. The normalized spacial score (nSPS) is 13.1. The van der Waals surface area contributed by atoms with Gasteiger partial charge in [0.1, 0.15) is 11.5 Å². The number of para-hydroxylation sites is 1. The molecule has 0 aromatic heterocycles. The SMILES string of the molecule is O=C(c1ccc(Oc2ccccc2)cc1)N1CCc2cc(O)c(O)cc2C1. The quantitative estimate of drug-likeness (QED) is 0.690. The summed E-state index contributed by atoms with van der Waals surface area (Å²) in [7, 11) is 0. The minimum absolute atomic E-state index is 0.0699. The maximum atomic E-state index is 12.8. The third-order valence-electron chi connectivity index (χ3n) is 4.68. The van der Waals surface area contributed by atoms with Gasteiger partial charge in [-0.1, -0.05) is 18.2 Å². The van der Waals surface area contributed by atoms with Crippen LogP contribution in [0.2, 0.25) is 0 Å². The van der Waals surface area contributed by atoms with Gasteiger partial charge in [-0.15, -0.1) is 0 Å². The van der Waals surface area contributed by atoms with Gasteiger partial charge in [0.15, 0.2) is 11.5 Å². The molecule has 0 fully saturated rings. The lowest BCUT2D eigenvalue weighted by Crippen LogP contribution is -2.35. The minimum atomic E-state index is -0.162. The number of rotatable bonds is 3. The summed E-state index contributed by atoms with van der Waals surface area (Å²) >= 11 is 0. The molecule has 4 rings (SSSR count). The van der Waals surface area contributed by atoms with Gasteiger partial charge in [-0.05, 0) is 66.1 Å². The number of ether oxygens (including phenoxy) is 1. The summed E-state index contributed by atoms with van der Waals surface area (Å²) in [5, 5.41) is 19.3. The molecule has 0 atom stereocenters. The molecule has 1 aliphatic rings. The number of amides is 1. The predicted molar refractivity (Wildman–Crippen MR) is 101 cm³/mol. The summed E-state index contributed by atoms with van der Waals surface area (Å²) in [4.78, 5) is 14.5. The van der Waals surface area contributed by atoms with Crippen LogP contribution in [-0.2, 0) is 13.0 Å². The first-order chi connectivity index (χ1) is 13.1. The second-order valence-corrected chi connectivity index (χ2v) is 6.53. The third kappa shape index (κ3) is 3.58. The highest BCUT2D eigenvalue weighted by molar-refractivity contribution is 5.94. The second kappa shape index (κ2) is 7.03. The maximum Gasteiger partial charge on any atom is 0.254 e. The Morgan fingerprint density at radius 2 is 1.48 bits per heavy atom. The fraction of sp³-hybridized carbons (Fsp3) is 0.136. The minimum Gasteiger partial charge on any atom is -0.504 e. The zero-order chi connectivity index (χ0) is 18.8. The molecule has 1 amide bonds. The molecule has 0 bridgehead atoms. The van der Waals surface area contributed by atoms with E-state index in [1.807, 2.05) is 30.3 Å². The Morgan fingerprint density at radius 1 is 0.852 bits per heavy atom. The number of aromatic hydroxyl groups is 2. The van der Waals surface area contributed by atoms with Gasteiger partial charge in [0.25, 0.3) is 5.91 Å². The molecule has 0 radical (unpaired) electrons. The molecular weight excluding hydrogens is 342 g/mol. The van der Waals surface area contributed by atoms with Crippen molar-refractivity contribution >= 4 is 5.91 Å². The van der Waals surface area contributed by atoms with E-state index in [1.54, 1.807) is 35.2 Å². The van der Waals surface area contributed by atoms with Crippen LogP contribution in [0.5, 0.6) is 23.0 Å². The van der Waals surface area contributed by atoms with Crippen molar-refractivity contribution in [1.29, 1.82) is 0 Å². The molecule has 0 spiro atoms. The molecule has 136 valence electrons. The summed E-state index contributed by atoms with van der Waals surface area (Å²) < 4.78 is 5.75. The molecule has 0 unspecified atom stereocenters. The van der Waals surface area contributed by atoms with Crippen LogP contribution >= 0.6 is 0 Å². The highest BCUT2D eigenvalue weighted by Crippen LogP contribution is 2.32. The van der Waals surface area contributed by atoms with E-state index in [4.69, 9.17) is 4.74 Å². The first-order valence-corrected chi connectivity index (χ1v) is 8.76. The lowest BCUT2D eigenvalue weighted by molar-refractivity contribution is 0.0734. The van der Waals surface area contributed by atoms with Crippen molar-refractivity contribution in [2.75, 3.05) is 6.54 Å². The third-order valence-corrected chi connectivity index (χ3v) is 4.68. The van der Waals surface area contributed by atoms with E-state index in [0.29, 0.717) is 30.8 Å². The maximum absolute atomic E-state index is 12.8. The number of carbonyl (C=O) groups excluding carboxylic acids is 1. The molecule has 3 aromatic carbocycles. The average Bonchev–Trinajstić information content (AvgIpc) is 2.69. The highest BCUT2D eigenvalue weighted by Gasteiger charge is 2.23. The topological polar surface area (TPSA) is 70.0 Å². The van der Waals surface area contributed by atoms with E-state index >= 15 is 0 Å². The van der Waals surface area contributed by atoms with E-state index in [-0.39, 0.29) is 17.4 Å². The lowest BCUT2D eigenvalue weighted by Gasteiger charge is -2.29. The van der Waals surface area contributed by atoms with Crippen molar-refractivity contribution in [2.45, 2.75) is 13.0 Å². The van der Waals surface area contributed by atoms with Gasteiger partial charge in [0.2, 0.25) is 0 Å². The summed E-state index contributed by atoms with van der Waals surface area (Å²) in [6.07, 6.45) is 0.643. The molecule has 0 saturated heterocycles. The van der Waals surface area contributed by atoms with Gasteiger partial charge in [-0.3, -0.25) is 4.79 Å². The summed E-state index contributed by atoms with van der Waals surface area (Å²) in [5.74, 6) is 1.06. The van der Waals surface area contributed by atoms with Gasteiger partial charge in [-0.25, -0.2) is 0 Å². The van der Waals surface area contributed by atoms with E-state index < -0.39 is 0 Å². The number of phenolic OH excluding ortho intramolecular Hbond substituents is 2. The molecular formula is C22H19NO4. The Hall–Kier alpha value is -3.47. The van der Waals surface area contributed by atoms with Gasteiger partial charge in [-0.2, -0.15) is 0 Å². The summed E-state index contributed by atoms with van der Waals surface area (Å²) in [6, 6.07) is 19.6. The van der Waals surface area contributed by atoms with Gasteiger partial charge in [0.05, 0.1) is 0 Å². The van der Waals surface area contributed by atoms with Crippen LogP contribution < -0.4 is 4.74 Å². The van der Waals surface area contributed by atoms with Crippen LogP contribution in [0.15, 0.2) is 66.7 Å². The van der Waals surface area contributed by atoms with Crippen LogP contribution in [-0.4, -0.2) is 27.6 Å². The molecule has 3 aromatic rings. The fourth-order valence-electron chi connectivity index (χ4n) is 3.23. The second-order valence-electron chi connectivity index (χ2n) is 6.53. The number of carbonyl (C=O) groups is 1. The average molecular weight is 361 g/mol. The fourth-order valence-corrected chi connectivity index (χ4v) is 3.23. The summed E-state index contributed by atoms with van der Waals surface area (Å²) in [5.41, 5.74) is 2.40. The van der Waals surface area contributed by atoms with Gasteiger partial charge in [0, 0.05) is 18.7 Å². The molecule has 2 N–H and O–H groups in total. The zero-order valence-corrected chi connectivity index (χ0v) is 14.6. The summed E-state index contributed by atoms with van der Waals surface area (Å²) in [6.45, 7) is 0.975. The monoisotopic (exact) mass is 361 g/mol.